The number of sulfonamides is 1. The number of hydrogen-bond donors (Lipinski definition) is 2. The van der Waals surface area contributed by atoms with E-state index in [4.69, 9.17) is 16.7 Å². The van der Waals surface area contributed by atoms with Crippen LogP contribution in [0, 0.1) is 0 Å². The van der Waals surface area contributed by atoms with Gasteiger partial charge in [0.2, 0.25) is 10.0 Å². The minimum atomic E-state index is -3.89. The second-order valence-electron chi connectivity index (χ2n) is 3.60. The summed E-state index contributed by atoms with van der Waals surface area (Å²) in [5, 5.41) is 7.58. The van der Waals surface area contributed by atoms with Crippen molar-refractivity contribution in [2.75, 3.05) is 5.32 Å². The smallest absolute Gasteiger partial charge is 0.265 e. The minimum absolute atomic E-state index is 0.133. The third-order valence-corrected chi connectivity index (χ3v) is 4.44. The Kier molecular flexibility index (Phi) is 3.91. The second-order valence-corrected chi connectivity index (χ2v) is 6.84. The zero-order valence-corrected chi connectivity index (χ0v) is 11.8. The van der Waals surface area contributed by atoms with Crippen LogP contribution in [0.2, 0.25) is 4.34 Å². The zero-order valence-electron chi connectivity index (χ0n) is 9.46. The van der Waals surface area contributed by atoms with Gasteiger partial charge in [-0.1, -0.05) is 23.7 Å². The van der Waals surface area contributed by atoms with Crippen LogP contribution in [-0.2, 0) is 10.0 Å². The highest BCUT2D eigenvalue weighted by Gasteiger charge is 2.16. The fourth-order valence-electron chi connectivity index (χ4n) is 1.44. The molecule has 8 heteroatoms. The molecule has 1 aromatic heterocycles. The summed E-state index contributed by atoms with van der Waals surface area (Å²) in [6.45, 7) is 0. The maximum absolute atomic E-state index is 11.9. The van der Waals surface area contributed by atoms with E-state index in [2.05, 4.69) is 5.32 Å². The first-order chi connectivity index (χ1) is 8.88. The number of carbonyl (C=O) groups excluding carboxylic acids is 1. The molecule has 0 saturated carbocycles. The van der Waals surface area contributed by atoms with E-state index in [1.54, 1.807) is 18.2 Å². The number of anilines is 1. The van der Waals surface area contributed by atoms with Gasteiger partial charge in [0.05, 0.1) is 14.9 Å². The predicted octanol–water partition coefficient (Wildman–Crippen LogP) is 2.30. The van der Waals surface area contributed by atoms with E-state index >= 15 is 0 Å². The molecular weight excluding hydrogens is 308 g/mol. The molecule has 5 nitrogen and oxygen atoms in total. The van der Waals surface area contributed by atoms with E-state index < -0.39 is 15.9 Å². The molecule has 0 radical (unpaired) electrons. The highest BCUT2D eigenvalue weighted by atomic mass is 35.5. The molecule has 1 aromatic carbocycles. The van der Waals surface area contributed by atoms with E-state index in [0.29, 0.717) is 9.21 Å². The first-order valence-corrected chi connectivity index (χ1v) is 7.80. The molecule has 2 rings (SSSR count). The van der Waals surface area contributed by atoms with Crippen molar-refractivity contribution in [3.05, 3.63) is 45.6 Å². The summed E-state index contributed by atoms with van der Waals surface area (Å²) in [7, 11) is -3.89. The summed E-state index contributed by atoms with van der Waals surface area (Å²) in [5.41, 5.74) is 0.138. The Bertz CT molecular complexity index is 725. The van der Waals surface area contributed by atoms with Gasteiger partial charge < -0.3 is 5.32 Å². The number of primary sulfonamides is 1. The third kappa shape index (κ3) is 3.32. The van der Waals surface area contributed by atoms with Gasteiger partial charge in [-0.2, -0.15) is 0 Å². The fraction of sp³-hybridized carbons (Fsp3) is 0. The summed E-state index contributed by atoms with van der Waals surface area (Å²) in [5.74, 6) is -0.437. The zero-order chi connectivity index (χ0) is 14.0. The van der Waals surface area contributed by atoms with Crippen molar-refractivity contribution < 1.29 is 13.2 Å². The highest BCUT2D eigenvalue weighted by Crippen LogP contribution is 2.24. The van der Waals surface area contributed by atoms with Gasteiger partial charge in [-0.05, 0) is 24.3 Å². The first-order valence-electron chi connectivity index (χ1n) is 5.06. The summed E-state index contributed by atoms with van der Waals surface area (Å²) >= 11 is 6.84. The maximum atomic E-state index is 11.9. The molecule has 0 unspecified atom stereocenters. The van der Waals surface area contributed by atoms with Crippen LogP contribution in [0.1, 0.15) is 9.67 Å². The van der Waals surface area contributed by atoms with Crippen LogP contribution in [0.4, 0.5) is 5.69 Å². The number of rotatable bonds is 3. The van der Waals surface area contributed by atoms with Gasteiger partial charge in [0.25, 0.3) is 5.91 Å². The Morgan fingerprint density at radius 2 is 1.89 bits per heavy atom. The van der Waals surface area contributed by atoms with Gasteiger partial charge in [0.1, 0.15) is 4.90 Å². The van der Waals surface area contributed by atoms with Crippen molar-refractivity contribution in [3.8, 4) is 0 Å². The number of thiophene rings is 1. The molecule has 0 fully saturated rings. The maximum Gasteiger partial charge on any atom is 0.265 e. The van der Waals surface area contributed by atoms with Crippen LogP contribution < -0.4 is 10.5 Å². The summed E-state index contributed by atoms with van der Waals surface area (Å²) in [6, 6.07) is 9.07. The van der Waals surface area contributed by atoms with Crippen LogP contribution in [-0.4, -0.2) is 14.3 Å². The molecule has 100 valence electrons. The predicted molar refractivity (Wildman–Crippen MR) is 75.1 cm³/mol. The van der Waals surface area contributed by atoms with Crippen molar-refractivity contribution in [2.24, 2.45) is 5.14 Å². The third-order valence-electron chi connectivity index (χ3n) is 2.24. The Morgan fingerprint density at radius 3 is 2.47 bits per heavy atom. The van der Waals surface area contributed by atoms with Crippen LogP contribution in [0.3, 0.4) is 0 Å². The number of carbonyl (C=O) groups is 1. The SMILES string of the molecule is NS(=O)(=O)c1ccccc1NC(=O)c1ccc(Cl)s1. The average molecular weight is 317 g/mol. The topological polar surface area (TPSA) is 89.3 Å². The van der Waals surface area contributed by atoms with Crippen molar-refractivity contribution in [1.29, 1.82) is 0 Å². The molecule has 0 aliphatic heterocycles. The molecular formula is C11H9ClN2O3S2. The first kappa shape index (κ1) is 14.0. The Labute approximate surface area is 119 Å². The summed E-state index contributed by atoms with van der Waals surface area (Å²) in [4.78, 5) is 12.2. The lowest BCUT2D eigenvalue weighted by molar-refractivity contribution is 0.103. The number of nitrogens with two attached hydrogens (primary N) is 1. The van der Waals surface area contributed by atoms with Crippen molar-refractivity contribution >= 4 is 44.6 Å². The lowest BCUT2D eigenvalue weighted by Gasteiger charge is -2.08. The standard InChI is InChI=1S/C11H9ClN2O3S2/c12-10-6-5-8(18-10)11(15)14-7-3-1-2-4-9(7)19(13,16)17/h1-6H,(H,14,15)(H2,13,16,17). The van der Waals surface area contributed by atoms with E-state index in [1.165, 1.54) is 18.2 Å². The van der Waals surface area contributed by atoms with Gasteiger partial charge in [-0.15, -0.1) is 11.3 Å². The normalized spacial score (nSPS) is 11.3. The van der Waals surface area contributed by atoms with E-state index in [1.807, 2.05) is 0 Å². The molecule has 3 N–H and O–H groups in total. The lowest BCUT2D eigenvalue weighted by Crippen LogP contribution is -2.17. The number of hydrogen-bond acceptors (Lipinski definition) is 4. The Balaban J connectivity index is 2.32. The van der Waals surface area contributed by atoms with E-state index in [0.717, 1.165) is 11.3 Å². The van der Waals surface area contributed by atoms with Gasteiger partial charge in [-0.25, -0.2) is 13.6 Å². The molecule has 0 aliphatic rings. The number of nitrogens with one attached hydrogen (secondary N) is 1. The number of benzene rings is 1. The molecule has 0 bridgehead atoms. The minimum Gasteiger partial charge on any atom is -0.320 e. The molecule has 2 aromatic rings. The second kappa shape index (κ2) is 5.30. The average Bonchev–Trinajstić information content (AvgIpc) is 2.75. The summed E-state index contributed by atoms with van der Waals surface area (Å²) < 4.78 is 23.2. The number of para-hydroxylation sites is 1. The van der Waals surface area contributed by atoms with E-state index in [-0.39, 0.29) is 10.6 Å². The molecule has 0 aliphatic carbocycles. The van der Waals surface area contributed by atoms with Crippen LogP contribution in [0.25, 0.3) is 0 Å². The molecule has 0 atom stereocenters. The molecule has 0 saturated heterocycles. The molecule has 19 heavy (non-hydrogen) atoms. The van der Waals surface area contributed by atoms with Crippen molar-refractivity contribution in [1.82, 2.24) is 0 Å². The van der Waals surface area contributed by atoms with Gasteiger partial charge in [0.15, 0.2) is 0 Å². The lowest BCUT2D eigenvalue weighted by atomic mass is 10.3. The van der Waals surface area contributed by atoms with Crippen LogP contribution in [0.5, 0.6) is 0 Å². The Hall–Kier alpha value is -1.41. The largest absolute Gasteiger partial charge is 0.320 e. The quantitative estimate of drug-likeness (QED) is 0.910. The number of amides is 1. The molecule has 1 amide bonds. The van der Waals surface area contributed by atoms with Gasteiger partial charge in [-0.3, -0.25) is 4.79 Å². The van der Waals surface area contributed by atoms with Crippen LogP contribution in [0.15, 0.2) is 41.3 Å². The van der Waals surface area contributed by atoms with Gasteiger partial charge >= 0.3 is 0 Å². The molecule has 1 heterocycles. The highest BCUT2D eigenvalue weighted by molar-refractivity contribution is 7.89. The molecule has 0 spiro atoms. The Morgan fingerprint density at radius 1 is 1.21 bits per heavy atom. The fourth-order valence-corrected chi connectivity index (χ4v) is 3.07. The van der Waals surface area contributed by atoms with Crippen LogP contribution >= 0.6 is 22.9 Å². The van der Waals surface area contributed by atoms with E-state index in [9.17, 15) is 13.2 Å². The van der Waals surface area contributed by atoms with Crippen molar-refractivity contribution in [3.63, 3.8) is 0 Å². The number of halogens is 1. The van der Waals surface area contributed by atoms with Gasteiger partial charge in [0, 0.05) is 0 Å². The monoisotopic (exact) mass is 316 g/mol. The van der Waals surface area contributed by atoms with Crippen molar-refractivity contribution in [2.45, 2.75) is 4.90 Å². The summed E-state index contributed by atoms with van der Waals surface area (Å²) in [6.07, 6.45) is 0.